The summed E-state index contributed by atoms with van der Waals surface area (Å²) in [5.41, 5.74) is 0.901. The fourth-order valence-electron chi connectivity index (χ4n) is 3.06. The van der Waals surface area contributed by atoms with E-state index in [1.165, 1.54) is 4.90 Å². The van der Waals surface area contributed by atoms with Gasteiger partial charge in [0.05, 0.1) is 12.5 Å². The highest BCUT2D eigenvalue weighted by atomic mass is 19.4. The van der Waals surface area contributed by atoms with Crippen molar-refractivity contribution in [1.82, 2.24) is 10.2 Å². The smallest absolute Gasteiger partial charge is 0.391 e. The first kappa shape index (κ1) is 18.6. The molecule has 0 heterocycles. The van der Waals surface area contributed by atoms with Crippen LogP contribution in [-0.4, -0.2) is 41.4 Å². The van der Waals surface area contributed by atoms with Gasteiger partial charge in [-0.3, -0.25) is 0 Å². The SMILES string of the molecule is O=C(NC1CCCC(C(F)(F)F)C1)N(CCO)Cc1ccccc1. The Kier molecular flexibility index (Phi) is 6.48. The van der Waals surface area contributed by atoms with E-state index in [1.807, 2.05) is 30.3 Å². The molecule has 1 aromatic rings. The molecule has 134 valence electrons. The van der Waals surface area contributed by atoms with Gasteiger partial charge in [-0.25, -0.2) is 4.79 Å². The van der Waals surface area contributed by atoms with Gasteiger partial charge >= 0.3 is 12.2 Å². The van der Waals surface area contributed by atoms with Crippen molar-refractivity contribution in [2.75, 3.05) is 13.2 Å². The zero-order valence-electron chi connectivity index (χ0n) is 13.4. The third-order valence-electron chi connectivity index (χ3n) is 4.34. The van der Waals surface area contributed by atoms with Gasteiger partial charge < -0.3 is 15.3 Å². The molecule has 0 aromatic heterocycles. The maximum Gasteiger partial charge on any atom is 0.391 e. The number of aliphatic hydroxyl groups excluding tert-OH is 1. The molecule has 4 nitrogen and oxygen atoms in total. The van der Waals surface area contributed by atoms with Crippen molar-refractivity contribution in [2.24, 2.45) is 5.92 Å². The molecule has 1 aromatic carbocycles. The predicted octanol–water partition coefficient (Wildman–Crippen LogP) is 3.31. The Morgan fingerprint density at radius 1 is 1.25 bits per heavy atom. The molecule has 0 spiro atoms. The fourth-order valence-corrected chi connectivity index (χ4v) is 3.06. The molecule has 2 atom stereocenters. The van der Waals surface area contributed by atoms with Crippen molar-refractivity contribution in [3.05, 3.63) is 35.9 Å². The number of rotatable bonds is 5. The Balaban J connectivity index is 1.94. The summed E-state index contributed by atoms with van der Waals surface area (Å²) < 4.78 is 38.6. The van der Waals surface area contributed by atoms with Gasteiger partial charge in [0, 0.05) is 19.1 Å². The van der Waals surface area contributed by atoms with Crippen molar-refractivity contribution >= 4 is 6.03 Å². The average Bonchev–Trinajstić information content (AvgIpc) is 2.55. The molecule has 0 aliphatic heterocycles. The molecule has 2 unspecified atom stereocenters. The number of carbonyl (C=O) groups is 1. The summed E-state index contributed by atoms with van der Waals surface area (Å²) in [6, 6.07) is 8.36. The number of nitrogens with one attached hydrogen (secondary N) is 1. The molecule has 7 heteroatoms. The van der Waals surface area contributed by atoms with Crippen LogP contribution in [0.2, 0.25) is 0 Å². The molecule has 2 N–H and O–H groups in total. The number of carbonyl (C=O) groups excluding carboxylic acids is 1. The number of benzene rings is 1. The van der Waals surface area contributed by atoms with Crippen molar-refractivity contribution in [1.29, 1.82) is 0 Å². The molecule has 1 saturated carbocycles. The zero-order chi connectivity index (χ0) is 17.6. The van der Waals surface area contributed by atoms with Gasteiger partial charge in [0.1, 0.15) is 0 Å². The van der Waals surface area contributed by atoms with Gasteiger partial charge in [-0.1, -0.05) is 36.8 Å². The Morgan fingerprint density at radius 3 is 2.58 bits per heavy atom. The van der Waals surface area contributed by atoms with E-state index in [0.29, 0.717) is 19.4 Å². The topological polar surface area (TPSA) is 52.6 Å². The maximum atomic E-state index is 12.9. The molecule has 0 radical (unpaired) electrons. The minimum atomic E-state index is -4.21. The van der Waals surface area contributed by atoms with Gasteiger partial charge in [0.15, 0.2) is 0 Å². The van der Waals surface area contributed by atoms with Crippen LogP contribution in [0.25, 0.3) is 0 Å². The monoisotopic (exact) mass is 344 g/mol. The number of hydrogen-bond acceptors (Lipinski definition) is 2. The second-order valence-electron chi connectivity index (χ2n) is 6.18. The van der Waals surface area contributed by atoms with Crippen molar-refractivity contribution in [2.45, 2.75) is 44.4 Å². The third kappa shape index (κ3) is 5.40. The van der Waals surface area contributed by atoms with E-state index in [9.17, 15) is 18.0 Å². The maximum absolute atomic E-state index is 12.9. The number of urea groups is 1. The number of nitrogens with zero attached hydrogens (tertiary/aromatic N) is 1. The fraction of sp³-hybridized carbons (Fsp3) is 0.588. The minimum absolute atomic E-state index is 0.0759. The summed E-state index contributed by atoms with van der Waals surface area (Å²) in [4.78, 5) is 13.8. The van der Waals surface area contributed by atoms with Gasteiger partial charge in [-0.15, -0.1) is 0 Å². The number of hydrogen-bond donors (Lipinski definition) is 2. The quantitative estimate of drug-likeness (QED) is 0.861. The van der Waals surface area contributed by atoms with Crippen LogP contribution in [0.15, 0.2) is 30.3 Å². The van der Waals surface area contributed by atoms with E-state index in [0.717, 1.165) is 5.56 Å². The van der Waals surface area contributed by atoms with Crippen LogP contribution in [0.4, 0.5) is 18.0 Å². The Labute approximate surface area is 139 Å². The second kappa shape index (κ2) is 8.37. The summed E-state index contributed by atoms with van der Waals surface area (Å²) >= 11 is 0. The molecule has 1 aliphatic carbocycles. The van der Waals surface area contributed by atoms with Crippen molar-refractivity contribution < 1.29 is 23.1 Å². The zero-order valence-corrected chi connectivity index (χ0v) is 13.4. The summed E-state index contributed by atoms with van der Waals surface area (Å²) in [5, 5.41) is 11.8. The predicted molar refractivity (Wildman–Crippen MR) is 84.3 cm³/mol. The normalized spacial score (nSPS) is 21.3. The lowest BCUT2D eigenvalue weighted by Gasteiger charge is -2.32. The van der Waals surface area contributed by atoms with Crippen molar-refractivity contribution in [3.63, 3.8) is 0 Å². The highest BCUT2D eigenvalue weighted by Crippen LogP contribution is 2.37. The van der Waals surface area contributed by atoms with Gasteiger partial charge in [0.2, 0.25) is 0 Å². The second-order valence-corrected chi connectivity index (χ2v) is 6.18. The number of halogens is 3. The Bertz CT molecular complexity index is 522. The summed E-state index contributed by atoms with van der Waals surface area (Å²) in [7, 11) is 0. The van der Waals surface area contributed by atoms with E-state index < -0.39 is 24.2 Å². The molecule has 1 fully saturated rings. The Morgan fingerprint density at radius 2 is 1.96 bits per heavy atom. The lowest BCUT2D eigenvalue weighted by atomic mass is 9.85. The largest absolute Gasteiger partial charge is 0.395 e. The molecule has 24 heavy (non-hydrogen) atoms. The molecular weight excluding hydrogens is 321 g/mol. The lowest BCUT2D eigenvalue weighted by molar-refractivity contribution is -0.183. The van der Waals surface area contributed by atoms with Crippen LogP contribution < -0.4 is 5.32 Å². The molecular formula is C17H23F3N2O2. The number of aliphatic hydroxyl groups is 1. The van der Waals surface area contributed by atoms with Crippen LogP contribution in [0, 0.1) is 5.92 Å². The molecule has 1 aliphatic rings. The van der Waals surface area contributed by atoms with Crippen molar-refractivity contribution in [3.8, 4) is 0 Å². The average molecular weight is 344 g/mol. The third-order valence-corrected chi connectivity index (χ3v) is 4.34. The summed E-state index contributed by atoms with van der Waals surface area (Å²) in [6.45, 7) is 0.245. The number of amides is 2. The van der Waals surface area contributed by atoms with E-state index >= 15 is 0 Å². The van der Waals surface area contributed by atoms with Crippen LogP contribution in [0.3, 0.4) is 0 Å². The van der Waals surface area contributed by atoms with E-state index in [2.05, 4.69) is 5.32 Å². The van der Waals surface area contributed by atoms with E-state index in [-0.39, 0.29) is 26.0 Å². The standard InChI is InChI=1S/C17H23F3N2O2/c18-17(19,20)14-7-4-8-15(11-14)21-16(24)22(9-10-23)12-13-5-2-1-3-6-13/h1-3,5-6,14-15,23H,4,7-12H2,(H,21,24). The molecule has 2 amide bonds. The minimum Gasteiger partial charge on any atom is -0.395 e. The number of alkyl halides is 3. The molecule has 0 saturated heterocycles. The first-order chi connectivity index (χ1) is 11.4. The van der Waals surface area contributed by atoms with E-state index in [4.69, 9.17) is 5.11 Å². The summed E-state index contributed by atoms with van der Waals surface area (Å²) in [5.74, 6) is -1.35. The summed E-state index contributed by atoms with van der Waals surface area (Å²) in [6.07, 6.45) is -3.16. The first-order valence-electron chi connectivity index (χ1n) is 8.17. The van der Waals surface area contributed by atoms with Crippen LogP contribution >= 0.6 is 0 Å². The highest BCUT2D eigenvalue weighted by Gasteiger charge is 2.42. The highest BCUT2D eigenvalue weighted by molar-refractivity contribution is 5.74. The van der Waals surface area contributed by atoms with Crippen LogP contribution in [0.1, 0.15) is 31.2 Å². The van der Waals surface area contributed by atoms with Gasteiger partial charge in [0.25, 0.3) is 0 Å². The molecule has 0 bridgehead atoms. The van der Waals surface area contributed by atoms with E-state index in [1.54, 1.807) is 0 Å². The van der Waals surface area contributed by atoms with Crippen LogP contribution in [0.5, 0.6) is 0 Å². The molecule has 2 rings (SSSR count). The van der Waals surface area contributed by atoms with Crippen LogP contribution in [-0.2, 0) is 6.54 Å². The van der Waals surface area contributed by atoms with Gasteiger partial charge in [-0.2, -0.15) is 13.2 Å². The Hall–Kier alpha value is -1.76. The van der Waals surface area contributed by atoms with Gasteiger partial charge in [-0.05, 0) is 24.8 Å². The lowest BCUT2D eigenvalue weighted by Crippen LogP contribution is -2.48. The first-order valence-corrected chi connectivity index (χ1v) is 8.17.